The minimum absolute atomic E-state index is 0.0347. The second-order valence-electron chi connectivity index (χ2n) is 6.03. The van der Waals surface area contributed by atoms with Gasteiger partial charge in [0.15, 0.2) is 5.69 Å². The molecule has 0 radical (unpaired) electrons. The van der Waals surface area contributed by atoms with Gasteiger partial charge in [-0.05, 0) is 30.3 Å². The van der Waals surface area contributed by atoms with Crippen LogP contribution in [0, 0.1) is 11.3 Å². The summed E-state index contributed by atoms with van der Waals surface area (Å²) in [6.45, 7) is 0. The Morgan fingerprint density at radius 3 is 2.50 bits per heavy atom. The standard InChI is InChI=1S/C21H18N4O3/c1-24(16-8-4-3-5-9-16)20(26)14-7-6-10-17(11-14)25-13-15(12-22)18(23)19(25)21(27)28-2/h3-11,13H,23H2,1-2H3. The van der Waals surface area contributed by atoms with E-state index < -0.39 is 5.97 Å². The van der Waals surface area contributed by atoms with Crippen LogP contribution in [0.15, 0.2) is 60.8 Å². The molecule has 28 heavy (non-hydrogen) atoms. The zero-order chi connectivity index (χ0) is 20.3. The molecule has 140 valence electrons. The summed E-state index contributed by atoms with van der Waals surface area (Å²) in [6, 6.07) is 17.9. The van der Waals surface area contributed by atoms with Gasteiger partial charge in [0.05, 0.1) is 18.4 Å². The molecule has 1 amide bonds. The molecule has 0 aliphatic rings. The smallest absolute Gasteiger partial charge is 0.357 e. The van der Waals surface area contributed by atoms with Gasteiger partial charge >= 0.3 is 5.97 Å². The maximum Gasteiger partial charge on any atom is 0.357 e. The van der Waals surface area contributed by atoms with Crippen LogP contribution in [0.25, 0.3) is 5.69 Å². The zero-order valence-electron chi connectivity index (χ0n) is 15.4. The Balaban J connectivity index is 2.04. The van der Waals surface area contributed by atoms with E-state index in [0.717, 1.165) is 5.69 Å². The maximum absolute atomic E-state index is 12.9. The lowest BCUT2D eigenvalue weighted by Gasteiger charge is -2.18. The molecule has 7 heteroatoms. The summed E-state index contributed by atoms with van der Waals surface area (Å²) in [5, 5.41) is 9.24. The monoisotopic (exact) mass is 374 g/mol. The molecule has 1 heterocycles. The summed E-state index contributed by atoms with van der Waals surface area (Å²) in [5.41, 5.74) is 7.85. The third-order valence-corrected chi connectivity index (χ3v) is 4.36. The van der Waals surface area contributed by atoms with Gasteiger partial charge in [0, 0.05) is 30.2 Å². The Morgan fingerprint density at radius 1 is 1.14 bits per heavy atom. The SMILES string of the molecule is COC(=O)c1c(N)c(C#N)cn1-c1cccc(C(=O)N(C)c2ccccc2)c1. The minimum Gasteiger partial charge on any atom is -0.464 e. The van der Waals surface area contributed by atoms with Crippen molar-refractivity contribution in [2.45, 2.75) is 0 Å². The summed E-state index contributed by atoms with van der Waals surface area (Å²) in [5.74, 6) is -0.884. The predicted molar refractivity (Wildman–Crippen MR) is 105 cm³/mol. The largest absolute Gasteiger partial charge is 0.464 e. The van der Waals surface area contributed by atoms with Gasteiger partial charge in [-0.3, -0.25) is 4.79 Å². The van der Waals surface area contributed by atoms with Gasteiger partial charge in [-0.2, -0.15) is 5.26 Å². The summed E-state index contributed by atoms with van der Waals surface area (Å²) in [4.78, 5) is 26.6. The number of aromatic nitrogens is 1. The first-order valence-electron chi connectivity index (χ1n) is 8.40. The number of esters is 1. The van der Waals surface area contributed by atoms with Crippen molar-refractivity contribution in [3.63, 3.8) is 0 Å². The third-order valence-electron chi connectivity index (χ3n) is 4.36. The Morgan fingerprint density at radius 2 is 1.86 bits per heavy atom. The fourth-order valence-corrected chi connectivity index (χ4v) is 2.87. The van der Waals surface area contributed by atoms with E-state index in [1.165, 1.54) is 22.8 Å². The van der Waals surface area contributed by atoms with Crippen molar-refractivity contribution < 1.29 is 14.3 Å². The quantitative estimate of drug-likeness (QED) is 0.708. The number of para-hydroxylation sites is 1. The number of benzene rings is 2. The fraction of sp³-hybridized carbons (Fsp3) is 0.0952. The maximum atomic E-state index is 12.9. The molecule has 0 aliphatic carbocycles. The summed E-state index contributed by atoms with van der Waals surface area (Å²) in [7, 11) is 2.92. The molecular weight excluding hydrogens is 356 g/mol. The molecule has 2 N–H and O–H groups in total. The number of methoxy groups -OCH3 is 1. The van der Waals surface area contributed by atoms with Gasteiger partial charge in [-0.1, -0.05) is 24.3 Å². The van der Waals surface area contributed by atoms with E-state index in [-0.39, 0.29) is 22.9 Å². The number of anilines is 2. The Bertz CT molecular complexity index is 1080. The van der Waals surface area contributed by atoms with E-state index in [1.54, 1.807) is 31.3 Å². The van der Waals surface area contributed by atoms with Crippen LogP contribution >= 0.6 is 0 Å². The van der Waals surface area contributed by atoms with Crippen molar-refractivity contribution in [2.75, 3.05) is 24.8 Å². The number of nitrogens with zero attached hydrogens (tertiary/aromatic N) is 3. The van der Waals surface area contributed by atoms with Gasteiger partial charge < -0.3 is 19.9 Å². The molecule has 2 aromatic carbocycles. The number of ether oxygens (including phenoxy) is 1. The van der Waals surface area contributed by atoms with Crippen LogP contribution in [0.5, 0.6) is 0 Å². The molecule has 0 atom stereocenters. The average molecular weight is 374 g/mol. The van der Waals surface area contributed by atoms with Gasteiger partial charge in [0.25, 0.3) is 5.91 Å². The highest BCUT2D eigenvalue weighted by atomic mass is 16.5. The van der Waals surface area contributed by atoms with Crippen LogP contribution in [-0.2, 0) is 4.74 Å². The number of carbonyl (C=O) groups is 2. The van der Waals surface area contributed by atoms with E-state index in [1.807, 2.05) is 36.4 Å². The van der Waals surface area contributed by atoms with E-state index in [4.69, 9.17) is 10.5 Å². The summed E-state index contributed by atoms with van der Waals surface area (Å²) < 4.78 is 6.24. The van der Waals surface area contributed by atoms with Crippen molar-refractivity contribution in [3.05, 3.63) is 77.6 Å². The highest BCUT2D eigenvalue weighted by Crippen LogP contribution is 2.25. The number of hydrogen-bond donors (Lipinski definition) is 1. The van der Waals surface area contributed by atoms with Crippen molar-refractivity contribution in [2.24, 2.45) is 0 Å². The molecule has 0 aliphatic heterocycles. The van der Waals surface area contributed by atoms with Gasteiger partial charge in [0.2, 0.25) is 0 Å². The average Bonchev–Trinajstić information content (AvgIpc) is 3.09. The predicted octanol–water partition coefficient (Wildman–Crippen LogP) is 2.99. The summed E-state index contributed by atoms with van der Waals surface area (Å²) in [6.07, 6.45) is 1.45. The van der Waals surface area contributed by atoms with E-state index in [0.29, 0.717) is 11.3 Å². The van der Waals surface area contributed by atoms with Gasteiger partial charge in [-0.15, -0.1) is 0 Å². The van der Waals surface area contributed by atoms with Gasteiger partial charge in [0.1, 0.15) is 6.07 Å². The lowest BCUT2D eigenvalue weighted by atomic mass is 10.1. The van der Waals surface area contributed by atoms with Crippen LogP contribution in [0.4, 0.5) is 11.4 Å². The lowest BCUT2D eigenvalue weighted by molar-refractivity contribution is 0.0593. The molecule has 3 rings (SSSR count). The van der Waals surface area contributed by atoms with E-state index in [2.05, 4.69) is 0 Å². The molecule has 7 nitrogen and oxygen atoms in total. The summed E-state index contributed by atoms with van der Waals surface area (Å²) >= 11 is 0. The number of nitrogens with two attached hydrogens (primary N) is 1. The van der Waals surface area contributed by atoms with Crippen LogP contribution in [-0.4, -0.2) is 30.6 Å². The van der Waals surface area contributed by atoms with E-state index >= 15 is 0 Å². The number of carbonyl (C=O) groups excluding carboxylic acids is 2. The number of rotatable bonds is 4. The van der Waals surface area contributed by atoms with Crippen LogP contribution in [0.3, 0.4) is 0 Å². The van der Waals surface area contributed by atoms with Crippen LogP contribution < -0.4 is 10.6 Å². The Labute approximate surface area is 162 Å². The van der Waals surface area contributed by atoms with Crippen molar-refractivity contribution in [1.82, 2.24) is 4.57 Å². The molecule has 0 saturated heterocycles. The lowest BCUT2D eigenvalue weighted by Crippen LogP contribution is -2.26. The van der Waals surface area contributed by atoms with Gasteiger partial charge in [-0.25, -0.2) is 4.79 Å². The molecule has 0 bridgehead atoms. The third kappa shape index (κ3) is 3.31. The molecular formula is C21H18N4O3. The first-order valence-corrected chi connectivity index (χ1v) is 8.40. The Kier molecular flexibility index (Phi) is 5.14. The van der Waals surface area contributed by atoms with Crippen molar-refractivity contribution in [1.29, 1.82) is 5.26 Å². The highest BCUT2D eigenvalue weighted by Gasteiger charge is 2.22. The molecule has 0 spiro atoms. The Hall–Kier alpha value is -4.05. The molecule has 1 aromatic heterocycles. The highest BCUT2D eigenvalue weighted by molar-refractivity contribution is 6.06. The first-order chi connectivity index (χ1) is 13.5. The fourth-order valence-electron chi connectivity index (χ4n) is 2.87. The molecule has 0 unspecified atom stereocenters. The molecule has 0 saturated carbocycles. The molecule has 0 fully saturated rings. The van der Waals surface area contributed by atoms with Crippen LogP contribution in [0.2, 0.25) is 0 Å². The number of amides is 1. The molecule has 3 aromatic rings. The number of nitrogen functional groups attached to an aromatic ring is 1. The van der Waals surface area contributed by atoms with Crippen molar-refractivity contribution in [3.8, 4) is 11.8 Å². The van der Waals surface area contributed by atoms with Crippen LogP contribution in [0.1, 0.15) is 26.4 Å². The second kappa shape index (κ2) is 7.68. The topological polar surface area (TPSA) is 101 Å². The number of nitriles is 1. The van der Waals surface area contributed by atoms with Crippen molar-refractivity contribution >= 4 is 23.3 Å². The zero-order valence-corrected chi connectivity index (χ0v) is 15.4. The van der Waals surface area contributed by atoms with E-state index in [9.17, 15) is 14.9 Å². The minimum atomic E-state index is -0.669. The first kappa shape index (κ1) is 18.7. The number of hydrogen-bond acceptors (Lipinski definition) is 5. The normalized spacial score (nSPS) is 10.2. The second-order valence-corrected chi connectivity index (χ2v) is 6.03.